The van der Waals surface area contributed by atoms with E-state index in [4.69, 9.17) is 14.0 Å². The topological polar surface area (TPSA) is 89.7 Å². The zero-order valence-corrected chi connectivity index (χ0v) is 18.4. The minimum Gasteiger partial charge on any atom is -0.497 e. The van der Waals surface area contributed by atoms with Crippen LogP contribution in [-0.2, 0) is 6.61 Å². The number of aryl methyl sites for hydroxylation is 1. The lowest BCUT2D eigenvalue weighted by Crippen LogP contribution is -2.37. The molecular weight excluding hydrogens is 408 g/mol. The van der Waals surface area contributed by atoms with Crippen molar-refractivity contribution in [1.29, 1.82) is 0 Å². The van der Waals surface area contributed by atoms with Gasteiger partial charge < -0.3 is 19.3 Å². The number of rotatable bonds is 9. The van der Waals surface area contributed by atoms with Crippen molar-refractivity contribution < 1.29 is 18.8 Å². The van der Waals surface area contributed by atoms with E-state index in [9.17, 15) is 4.79 Å². The van der Waals surface area contributed by atoms with Crippen molar-refractivity contribution in [2.45, 2.75) is 32.4 Å². The lowest BCUT2D eigenvalue weighted by molar-refractivity contribution is 0.0933. The van der Waals surface area contributed by atoms with E-state index in [-0.39, 0.29) is 18.6 Å². The van der Waals surface area contributed by atoms with E-state index in [2.05, 4.69) is 26.4 Å². The molecule has 8 nitrogen and oxygen atoms in total. The molecule has 0 radical (unpaired) electrons. The molecule has 1 aliphatic heterocycles. The molecule has 1 aromatic heterocycles. The summed E-state index contributed by atoms with van der Waals surface area (Å²) < 4.78 is 16.2. The van der Waals surface area contributed by atoms with Crippen LogP contribution in [0.5, 0.6) is 11.5 Å². The summed E-state index contributed by atoms with van der Waals surface area (Å²) >= 11 is 0. The van der Waals surface area contributed by atoms with Gasteiger partial charge in [-0.3, -0.25) is 9.69 Å². The van der Waals surface area contributed by atoms with Crippen LogP contribution in [0.25, 0.3) is 0 Å². The summed E-state index contributed by atoms with van der Waals surface area (Å²) in [5.74, 6) is 2.02. The monoisotopic (exact) mass is 436 g/mol. The van der Waals surface area contributed by atoms with Crippen molar-refractivity contribution in [3.05, 3.63) is 71.4 Å². The lowest BCUT2D eigenvalue weighted by Gasteiger charge is -2.28. The van der Waals surface area contributed by atoms with Gasteiger partial charge in [-0.05, 0) is 55.8 Å². The predicted molar refractivity (Wildman–Crippen MR) is 119 cm³/mol. The van der Waals surface area contributed by atoms with Crippen LogP contribution in [-0.4, -0.2) is 47.7 Å². The van der Waals surface area contributed by atoms with E-state index < -0.39 is 0 Å². The first-order chi connectivity index (χ1) is 15.6. The molecule has 0 saturated carbocycles. The minimum absolute atomic E-state index is 0.0759. The number of hydrogen-bond acceptors (Lipinski definition) is 7. The summed E-state index contributed by atoms with van der Waals surface area (Å²) in [5.41, 5.74) is 1.60. The van der Waals surface area contributed by atoms with Crippen LogP contribution in [0.3, 0.4) is 0 Å². The molecule has 2 heterocycles. The highest BCUT2D eigenvalue weighted by atomic mass is 16.5. The Morgan fingerprint density at radius 3 is 2.75 bits per heavy atom. The third-order valence-corrected chi connectivity index (χ3v) is 5.57. The Morgan fingerprint density at radius 1 is 1.19 bits per heavy atom. The molecule has 8 heteroatoms. The number of aromatic nitrogens is 2. The molecule has 4 rings (SSSR count). The largest absolute Gasteiger partial charge is 0.497 e. The normalized spacial score (nSPS) is 14.8. The van der Waals surface area contributed by atoms with Crippen LogP contribution in [0.15, 0.2) is 53.1 Å². The zero-order chi connectivity index (χ0) is 22.3. The van der Waals surface area contributed by atoms with Crippen LogP contribution >= 0.6 is 0 Å². The molecule has 1 atom stereocenters. The van der Waals surface area contributed by atoms with E-state index in [0.29, 0.717) is 29.6 Å². The third kappa shape index (κ3) is 5.26. The molecule has 0 bridgehead atoms. The maximum atomic E-state index is 13.1. The second-order valence-corrected chi connectivity index (χ2v) is 7.76. The van der Waals surface area contributed by atoms with Gasteiger partial charge in [-0.1, -0.05) is 29.4 Å². The Bertz CT molecular complexity index is 1050. The second-order valence-electron chi connectivity index (χ2n) is 7.76. The molecule has 1 aliphatic rings. The quantitative estimate of drug-likeness (QED) is 0.549. The van der Waals surface area contributed by atoms with Crippen LogP contribution in [0.4, 0.5) is 0 Å². The molecule has 168 valence electrons. The standard InChI is InChI=1S/C24H28N4O4/c1-17-26-23(27-32-17)16-31-22-11-4-3-10-20(22)24(29)25-15-21(28-12-5-6-13-28)18-8-7-9-19(14-18)30-2/h3-4,7-11,14,21H,5-6,12-13,15-16H2,1-2H3,(H,25,29). The molecule has 2 aromatic carbocycles. The van der Waals surface area contributed by atoms with Crippen LogP contribution in [0.1, 0.15) is 46.5 Å². The summed E-state index contributed by atoms with van der Waals surface area (Å²) in [6, 6.07) is 15.3. The number of methoxy groups -OCH3 is 1. The first-order valence-corrected chi connectivity index (χ1v) is 10.8. The summed E-state index contributed by atoms with van der Waals surface area (Å²) in [6.45, 7) is 4.37. The Kier molecular flexibility index (Phi) is 7.01. The first kappa shape index (κ1) is 21.8. The molecule has 1 fully saturated rings. The van der Waals surface area contributed by atoms with Gasteiger partial charge in [0.05, 0.1) is 18.7 Å². The maximum Gasteiger partial charge on any atom is 0.255 e. The summed E-state index contributed by atoms with van der Waals surface area (Å²) in [4.78, 5) is 19.6. The molecule has 32 heavy (non-hydrogen) atoms. The van der Waals surface area contributed by atoms with Crippen molar-refractivity contribution >= 4 is 5.91 Å². The number of nitrogens with one attached hydrogen (secondary N) is 1. The average molecular weight is 437 g/mol. The SMILES string of the molecule is COc1cccc(C(CNC(=O)c2ccccc2OCc2noc(C)n2)N2CCCC2)c1. The van der Waals surface area contributed by atoms with Crippen LogP contribution in [0, 0.1) is 6.92 Å². The highest BCUT2D eigenvalue weighted by molar-refractivity contribution is 5.96. The van der Waals surface area contributed by atoms with Gasteiger partial charge in [-0.2, -0.15) is 4.98 Å². The number of carbonyl (C=O) groups excluding carboxylic acids is 1. The van der Waals surface area contributed by atoms with Gasteiger partial charge in [0.25, 0.3) is 5.91 Å². The van der Waals surface area contributed by atoms with Crippen molar-refractivity contribution in [3.63, 3.8) is 0 Å². The highest BCUT2D eigenvalue weighted by Crippen LogP contribution is 2.27. The molecule has 1 amide bonds. The second kappa shape index (κ2) is 10.3. The van der Waals surface area contributed by atoms with Crippen molar-refractivity contribution in [3.8, 4) is 11.5 Å². The van der Waals surface area contributed by atoms with Gasteiger partial charge in [0.1, 0.15) is 11.5 Å². The fraction of sp³-hybridized carbons (Fsp3) is 0.375. The number of hydrogen-bond donors (Lipinski definition) is 1. The molecule has 1 unspecified atom stereocenters. The lowest BCUT2D eigenvalue weighted by atomic mass is 10.0. The van der Waals surface area contributed by atoms with E-state index in [0.717, 1.165) is 24.4 Å². The van der Waals surface area contributed by atoms with Gasteiger partial charge in [0.2, 0.25) is 11.7 Å². The minimum atomic E-state index is -0.183. The third-order valence-electron chi connectivity index (χ3n) is 5.57. The summed E-state index contributed by atoms with van der Waals surface area (Å²) in [6.07, 6.45) is 2.33. The molecule has 0 aliphatic carbocycles. The fourth-order valence-corrected chi connectivity index (χ4v) is 3.97. The fourth-order valence-electron chi connectivity index (χ4n) is 3.97. The average Bonchev–Trinajstić information content (AvgIpc) is 3.50. The van der Waals surface area contributed by atoms with Gasteiger partial charge in [-0.25, -0.2) is 0 Å². The smallest absolute Gasteiger partial charge is 0.255 e. The Balaban J connectivity index is 1.46. The summed E-state index contributed by atoms with van der Waals surface area (Å²) in [7, 11) is 1.67. The zero-order valence-electron chi connectivity index (χ0n) is 18.4. The Labute approximate surface area is 187 Å². The number of likely N-dealkylation sites (tertiary alicyclic amines) is 1. The molecule has 0 spiro atoms. The number of nitrogens with zero attached hydrogens (tertiary/aromatic N) is 3. The van der Waals surface area contributed by atoms with Gasteiger partial charge >= 0.3 is 0 Å². The number of ether oxygens (including phenoxy) is 2. The summed E-state index contributed by atoms with van der Waals surface area (Å²) in [5, 5.41) is 6.93. The van der Waals surface area contributed by atoms with Crippen molar-refractivity contribution in [2.75, 3.05) is 26.7 Å². The van der Waals surface area contributed by atoms with Crippen molar-refractivity contribution in [2.24, 2.45) is 0 Å². The number of amides is 1. The van der Waals surface area contributed by atoms with E-state index >= 15 is 0 Å². The van der Waals surface area contributed by atoms with Gasteiger partial charge in [0.15, 0.2) is 6.61 Å². The Hall–Kier alpha value is -3.39. The first-order valence-electron chi connectivity index (χ1n) is 10.8. The van der Waals surface area contributed by atoms with E-state index in [1.807, 2.05) is 30.3 Å². The van der Waals surface area contributed by atoms with E-state index in [1.54, 1.807) is 26.2 Å². The predicted octanol–water partition coefficient (Wildman–Crippen LogP) is 3.53. The highest BCUT2D eigenvalue weighted by Gasteiger charge is 2.25. The van der Waals surface area contributed by atoms with Crippen molar-refractivity contribution in [1.82, 2.24) is 20.4 Å². The molecule has 1 saturated heterocycles. The maximum absolute atomic E-state index is 13.1. The number of benzene rings is 2. The number of carbonyl (C=O) groups is 1. The molecule has 3 aromatic rings. The number of para-hydroxylation sites is 1. The van der Waals surface area contributed by atoms with Crippen LogP contribution in [0.2, 0.25) is 0 Å². The van der Waals surface area contributed by atoms with Gasteiger partial charge in [-0.15, -0.1) is 0 Å². The molecule has 1 N–H and O–H groups in total. The van der Waals surface area contributed by atoms with Crippen LogP contribution < -0.4 is 14.8 Å². The van der Waals surface area contributed by atoms with Gasteiger partial charge in [0, 0.05) is 13.5 Å². The Morgan fingerprint density at radius 2 is 2.00 bits per heavy atom. The van der Waals surface area contributed by atoms with E-state index in [1.165, 1.54) is 12.8 Å². The molecular formula is C24H28N4O4.